The van der Waals surface area contributed by atoms with Crippen molar-refractivity contribution in [1.29, 1.82) is 0 Å². The number of halogens is 2. The van der Waals surface area contributed by atoms with Gasteiger partial charge >= 0.3 is 0 Å². The second kappa shape index (κ2) is 8.23. The van der Waals surface area contributed by atoms with Gasteiger partial charge in [0.25, 0.3) is 0 Å². The summed E-state index contributed by atoms with van der Waals surface area (Å²) in [6.07, 6.45) is 0. The molecule has 0 spiro atoms. The number of hydrogen-bond acceptors (Lipinski definition) is 2. The van der Waals surface area contributed by atoms with E-state index in [9.17, 15) is 5.11 Å². The normalized spacial score (nSPS) is 11.9. The molecule has 0 radical (unpaired) electrons. The third-order valence-electron chi connectivity index (χ3n) is 3.25. The summed E-state index contributed by atoms with van der Waals surface area (Å²) in [5.41, 5.74) is 4.49. The molecule has 0 aliphatic rings. The fraction of sp³-hybridized carbons (Fsp3) is 0.222. The Morgan fingerprint density at radius 2 is 1.68 bits per heavy atom. The second-order valence-electron chi connectivity index (χ2n) is 5.45. The van der Waals surface area contributed by atoms with Gasteiger partial charge in [-0.3, -0.25) is 0 Å². The lowest BCUT2D eigenvalue weighted by Gasteiger charge is -2.17. The van der Waals surface area contributed by atoms with E-state index in [1.165, 1.54) is 5.57 Å². The molecule has 0 atom stereocenters. The fourth-order valence-corrected chi connectivity index (χ4v) is 2.62. The number of benzene rings is 2. The minimum absolute atomic E-state index is 0. The Morgan fingerprint density at radius 3 is 2.23 bits per heavy atom. The Kier molecular flexibility index (Phi) is 6.95. The number of likely N-dealkylation sites (N-methyl/N-ethyl adjacent to an activating group) is 1. The van der Waals surface area contributed by atoms with E-state index in [0.717, 1.165) is 28.3 Å². The second-order valence-corrected chi connectivity index (χ2v) is 5.89. The molecular formula is C18H21Cl2NO. The zero-order valence-corrected chi connectivity index (χ0v) is 14.6. The molecule has 0 aromatic heterocycles. The molecule has 2 rings (SSSR count). The number of hydrogen-bond donors (Lipinski definition) is 1. The third kappa shape index (κ3) is 4.77. The first-order valence-corrected chi connectivity index (χ1v) is 7.25. The third-order valence-corrected chi connectivity index (χ3v) is 3.50. The van der Waals surface area contributed by atoms with Crippen LogP contribution in [0.4, 0.5) is 0 Å². The van der Waals surface area contributed by atoms with Crippen molar-refractivity contribution < 1.29 is 5.11 Å². The fourth-order valence-electron chi connectivity index (χ4n) is 2.49. The summed E-state index contributed by atoms with van der Waals surface area (Å²) in [5, 5.41) is 10.5. The number of nitrogens with zero attached hydrogens (tertiary/aromatic N) is 1. The van der Waals surface area contributed by atoms with Gasteiger partial charge in [-0.15, -0.1) is 12.4 Å². The highest BCUT2D eigenvalue weighted by Crippen LogP contribution is 2.30. The molecule has 0 saturated heterocycles. The molecule has 0 heterocycles. The molecule has 0 saturated carbocycles. The van der Waals surface area contributed by atoms with Gasteiger partial charge in [-0.2, -0.15) is 0 Å². The lowest BCUT2D eigenvalue weighted by Crippen LogP contribution is -2.15. The maximum absolute atomic E-state index is 9.76. The number of rotatable bonds is 4. The van der Waals surface area contributed by atoms with Crippen LogP contribution in [0, 0.1) is 0 Å². The Labute approximate surface area is 143 Å². The topological polar surface area (TPSA) is 23.5 Å². The van der Waals surface area contributed by atoms with Crippen molar-refractivity contribution in [2.45, 2.75) is 6.92 Å². The average Bonchev–Trinajstić information content (AvgIpc) is 2.40. The van der Waals surface area contributed by atoms with Gasteiger partial charge < -0.3 is 10.0 Å². The van der Waals surface area contributed by atoms with Crippen molar-refractivity contribution in [3.63, 3.8) is 0 Å². The molecule has 0 aliphatic heterocycles. The number of phenols is 1. The highest BCUT2D eigenvalue weighted by atomic mass is 35.5. The van der Waals surface area contributed by atoms with E-state index in [1.54, 1.807) is 12.1 Å². The quantitative estimate of drug-likeness (QED) is 0.861. The summed E-state index contributed by atoms with van der Waals surface area (Å²) < 4.78 is 0. The van der Waals surface area contributed by atoms with Crippen LogP contribution in [0.1, 0.15) is 18.1 Å². The summed E-state index contributed by atoms with van der Waals surface area (Å²) in [6.45, 7) is 2.97. The molecule has 0 unspecified atom stereocenters. The van der Waals surface area contributed by atoms with E-state index in [0.29, 0.717) is 0 Å². The van der Waals surface area contributed by atoms with Gasteiger partial charge in [-0.05, 0) is 62.0 Å². The van der Waals surface area contributed by atoms with Crippen LogP contribution in [0.3, 0.4) is 0 Å². The summed E-state index contributed by atoms with van der Waals surface area (Å²) >= 11 is 5.99. The van der Waals surface area contributed by atoms with Gasteiger partial charge in [-0.1, -0.05) is 41.4 Å². The van der Waals surface area contributed by atoms with E-state index in [2.05, 4.69) is 11.8 Å². The van der Waals surface area contributed by atoms with Crippen LogP contribution in [0.5, 0.6) is 5.75 Å². The highest BCUT2D eigenvalue weighted by Gasteiger charge is 2.10. The van der Waals surface area contributed by atoms with Crippen molar-refractivity contribution in [1.82, 2.24) is 4.90 Å². The molecule has 0 bridgehead atoms. The van der Waals surface area contributed by atoms with E-state index in [4.69, 9.17) is 11.6 Å². The first-order valence-electron chi connectivity index (χ1n) is 6.87. The standard InChI is InChI=1S/C18H20ClNO.ClH/c1-13(12-20(2)3)18(14-7-9-16(19)10-8-14)15-5-4-6-17(21)11-15;/h4-11,21H,12H2,1-3H3;1H. The number of phenolic OH excluding ortho intramolecular Hbond substituents is 1. The van der Waals surface area contributed by atoms with Crippen LogP contribution in [0.15, 0.2) is 54.1 Å². The van der Waals surface area contributed by atoms with Gasteiger partial charge in [0.1, 0.15) is 5.75 Å². The molecule has 0 fully saturated rings. The van der Waals surface area contributed by atoms with Gasteiger partial charge in [0, 0.05) is 11.6 Å². The van der Waals surface area contributed by atoms with E-state index < -0.39 is 0 Å². The molecule has 0 aliphatic carbocycles. The van der Waals surface area contributed by atoms with Crippen LogP contribution in [-0.4, -0.2) is 30.6 Å². The average molecular weight is 338 g/mol. The minimum Gasteiger partial charge on any atom is -0.508 e. The zero-order chi connectivity index (χ0) is 15.4. The predicted octanol–water partition coefficient (Wildman–Crippen LogP) is 4.85. The maximum Gasteiger partial charge on any atom is 0.116 e. The first kappa shape index (κ1) is 18.6. The van der Waals surface area contributed by atoms with Crippen molar-refractivity contribution in [3.05, 3.63) is 70.3 Å². The van der Waals surface area contributed by atoms with Crippen LogP contribution >= 0.6 is 24.0 Å². The lowest BCUT2D eigenvalue weighted by molar-refractivity contribution is 0.446. The maximum atomic E-state index is 9.76. The Hall–Kier alpha value is -1.48. The summed E-state index contributed by atoms with van der Waals surface area (Å²) in [6, 6.07) is 15.2. The number of aromatic hydroxyl groups is 1. The van der Waals surface area contributed by atoms with Crippen molar-refractivity contribution in [3.8, 4) is 5.75 Å². The molecular weight excluding hydrogens is 317 g/mol. The van der Waals surface area contributed by atoms with Crippen LogP contribution in [-0.2, 0) is 0 Å². The highest BCUT2D eigenvalue weighted by molar-refractivity contribution is 6.30. The Bertz CT molecular complexity index is 648. The van der Waals surface area contributed by atoms with Gasteiger partial charge in [-0.25, -0.2) is 0 Å². The largest absolute Gasteiger partial charge is 0.508 e. The zero-order valence-electron chi connectivity index (χ0n) is 13.0. The van der Waals surface area contributed by atoms with E-state index >= 15 is 0 Å². The molecule has 2 nitrogen and oxygen atoms in total. The van der Waals surface area contributed by atoms with Crippen LogP contribution in [0.2, 0.25) is 5.02 Å². The summed E-state index contributed by atoms with van der Waals surface area (Å²) in [4.78, 5) is 2.13. The molecule has 2 aromatic carbocycles. The molecule has 0 amide bonds. The molecule has 1 N–H and O–H groups in total. The van der Waals surface area contributed by atoms with Crippen molar-refractivity contribution in [2.75, 3.05) is 20.6 Å². The first-order chi connectivity index (χ1) is 9.97. The van der Waals surface area contributed by atoms with E-state index in [-0.39, 0.29) is 18.2 Å². The van der Waals surface area contributed by atoms with Gasteiger partial charge in [0.05, 0.1) is 0 Å². The molecule has 4 heteroatoms. The Morgan fingerprint density at radius 1 is 1.05 bits per heavy atom. The molecule has 118 valence electrons. The summed E-state index contributed by atoms with van der Waals surface area (Å²) in [5.74, 6) is 0.275. The van der Waals surface area contributed by atoms with Crippen molar-refractivity contribution >= 4 is 29.6 Å². The van der Waals surface area contributed by atoms with Crippen molar-refractivity contribution in [2.24, 2.45) is 0 Å². The minimum atomic E-state index is 0. The van der Waals surface area contributed by atoms with E-state index in [1.807, 2.05) is 50.5 Å². The SMILES string of the molecule is CC(CN(C)C)=C(c1ccc(Cl)cc1)c1cccc(O)c1.Cl. The summed E-state index contributed by atoms with van der Waals surface area (Å²) in [7, 11) is 4.09. The lowest BCUT2D eigenvalue weighted by atomic mass is 9.93. The van der Waals surface area contributed by atoms with Gasteiger partial charge in [0.15, 0.2) is 0 Å². The van der Waals surface area contributed by atoms with Crippen LogP contribution in [0.25, 0.3) is 5.57 Å². The predicted molar refractivity (Wildman–Crippen MR) is 97.1 cm³/mol. The smallest absolute Gasteiger partial charge is 0.116 e. The molecule has 2 aromatic rings. The monoisotopic (exact) mass is 337 g/mol. The Balaban J connectivity index is 0.00000242. The van der Waals surface area contributed by atoms with Gasteiger partial charge in [0.2, 0.25) is 0 Å². The van der Waals surface area contributed by atoms with Crippen LogP contribution < -0.4 is 0 Å². The molecule has 22 heavy (non-hydrogen) atoms.